The minimum atomic E-state index is -0.746. The molecule has 1 aliphatic heterocycles. The monoisotopic (exact) mass is 388 g/mol. The first-order valence-electron chi connectivity index (χ1n) is 8.61. The lowest BCUT2D eigenvalue weighted by molar-refractivity contribution is -0.139. The number of rotatable bonds is 4. The maximum atomic E-state index is 12.5. The highest BCUT2D eigenvalue weighted by Crippen LogP contribution is 2.35. The van der Waals surface area contributed by atoms with Crippen molar-refractivity contribution in [3.8, 4) is 5.69 Å². The first-order chi connectivity index (χ1) is 12.8. The summed E-state index contributed by atoms with van der Waals surface area (Å²) in [6.07, 6.45) is 0. The number of allylic oxidation sites excluding steroid dienone is 1. The second kappa shape index (κ2) is 7.44. The summed E-state index contributed by atoms with van der Waals surface area (Å²) in [7, 11) is 0. The van der Waals surface area contributed by atoms with Crippen LogP contribution in [0.1, 0.15) is 36.7 Å². The number of hydrogen-bond acceptors (Lipinski definition) is 4. The third-order valence-electron chi connectivity index (χ3n) is 4.38. The van der Waals surface area contributed by atoms with E-state index >= 15 is 0 Å². The molecule has 1 atom stereocenters. The van der Waals surface area contributed by atoms with Crippen LogP contribution in [0.3, 0.4) is 0 Å². The Kier molecular flexibility index (Phi) is 5.23. The van der Waals surface area contributed by atoms with Gasteiger partial charge in [0.1, 0.15) is 5.15 Å². The van der Waals surface area contributed by atoms with Gasteiger partial charge in [-0.15, -0.1) is 0 Å². The predicted octanol–water partition coefficient (Wildman–Crippen LogP) is 3.33. The summed E-state index contributed by atoms with van der Waals surface area (Å²) in [6.45, 7) is 7.40. The number of amides is 2. The van der Waals surface area contributed by atoms with Crippen LogP contribution in [-0.4, -0.2) is 28.4 Å². The number of benzene rings is 1. The Morgan fingerprint density at radius 1 is 1.26 bits per heavy atom. The largest absolute Gasteiger partial charge is 0.463 e. The molecule has 0 bridgehead atoms. The molecule has 27 heavy (non-hydrogen) atoms. The van der Waals surface area contributed by atoms with Crippen LogP contribution in [-0.2, 0) is 9.53 Å². The fourth-order valence-electron chi connectivity index (χ4n) is 3.09. The van der Waals surface area contributed by atoms with E-state index in [0.717, 1.165) is 11.3 Å². The molecule has 0 radical (unpaired) electrons. The molecule has 0 saturated carbocycles. The Morgan fingerprint density at radius 2 is 1.93 bits per heavy atom. The summed E-state index contributed by atoms with van der Waals surface area (Å²) >= 11 is 6.63. The normalized spacial score (nSPS) is 16.8. The van der Waals surface area contributed by atoms with E-state index in [4.69, 9.17) is 16.3 Å². The van der Waals surface area contributed by atoms with Crippen LogP contribution in [0.4, 0.5) is 4.79 Å². The molecule has 2 amide bonds. The second-order valence-corrected chi connectivity index (χ2v) is 6.69. The number of hydrogen-bond donors (Lipinski definition) is 2. The quantitative estimate of drug-likeness (QED) is 0.786. The number of carbonyl (C=O) groups is 2. The molecule has 1 unspecified atom stereocenters. The standard InChI is InChI=1S/C19H21ClN4O3/c1-5-27-18(25)15-11(3)21-19(26)22-16(15)14-12(4)23-24(17(14)20)13-8-6-10(2)7-9-13/h6-9,16H,5H2,1-4H3,(H2,21,22,26). The second-order valence-electron chi connectivity index (χ2n) is 6.33. The molecule has 2 N–H and O–H groups in total. The summed E-state index contributed by atoms with van der Waals surface area (Å²) in [5.41, 5.74) is 3.83. The molecule has 1 aromatic heterocycles. The number of halogens is 1. The lowest BCUT2D eigenvalue weighted by Crippen LogP contribution is -2.45. The van der Waals surface area contributed by atoms with Crippen LogP contribution >= 0.6 is 11.6 Å². The number of carbonyl (C=O) groups excluding carboxylic acids is 2. The highest BCUT2D eigenvalue weighted by molar-refractivity contribution is 6.31. The summed E-state index contributed by atoms with van der Waals surface area (Å²) < 4.78 is 6.76. The molecule has 0 saturated heterocycles. The van der Waals surface area contributed by atoms with Crippen molar-refractivity contribution in [2.45, 2.75) is 33.7 Å². The first kappa shape index (κ1) is 19.0. The fraction of sp³-hybridized carbons (Fsp3) is 0.316. The number of ether oxygens (including phenoxy) is 1. The molecule has 8 heteroatoms. The molecular weight excluding hydrogens is 368 g/mol. The maximum Gasteiger partial charge on any atom is 0.338 e. The third-order valence-corrected chi connectivity index (χ3v) is 4.74. The maximum absolute atomic E-state index is 12.5. The topological polar surface area (TPSA) is 85.2 Å². The van der Waals surface area contributed by atoms with E-state index < -0.39 is 18.0 Å². The molecule has 0 fully saturated rings. The number of nitrogens with one attached hydrogen (secondary N) is 2. The van der Waals surface area contributed by atoms with Gasteiger partial charge in [-0.1, -0.05) is 29.3 Å². The van der Waals surface area contributed by atoms with Crippen molar-refractivity contribution < 1.29 is 14.3 Å². The molecule has 7 nitrogen and oxygen atoms in total. The third kappa shape index (κ3) is 3.55. The molecule has 142 valence electrons. The van der Waals surface area contributed by atoms with Crippen LogP contribution in [0.25, 0.3) is 5.69 Å². The predicted molar refractivity (Wildman–Crippen MR) is 102 cm³/mol. The van der Waals surface area contributed by atoms with Crippen molar-refractivity contribution in [3.63, 3.8) is 0 Å². The Balaban J connectivity index is 2.11. The number of aromatic nitrogens is 2. The molecule has 1 aromatic carbocycles. The first-order valence-corrected chi connectivity index (χ1v) is 8.98. The van der Waals surface area contributed by atoms with Crippen LogP contribution in [0.5, 0.6) is 0 Å². The summed E-state index contributed by atoms with van der Waals surface area (Å²) in [5, 5.41) is 10.2. The van der Waals surface area contributed by atoms with Crippen LogP contribution in [0, 0.1) is 13.8 Å². The lowest BCUT2D eigenvalue weighted by Gasteiger charge is -2.27. The molecular formula is C19H21ClN4O3. The SMILES string of the molecule is CCOC(=O)C1=C(C)NC(=O)NC1c1c(C)nn(-c2ccc(C)cc2)c1Cl. The van der Waals surface area contributed by atoms with Gasteiger partial charge in [-0.25, -0.2) is 14.3 Å². The minimum absolute atomic E-state index is 0.228. The number of esters is 1. The lowest BCUT2D eigenvalue weighted by atomic mass is 9.96. The fourth-order valence-corrected chi connectivity index (χ4v) is 3.47. The summed E-state index contributed by atoms with van der Waals surface area (Å²) in [6, 6.07) is 6.58. The molecule has 2 heterocycles. The average molecular weight is 389 g/mol. The highest BCUT2D eigenvalue weighted by Gasteiger charge is 2.36. The van der Waals surface area contributed by atoms with Crippen LogP contribution in [0.2, 0.25) is 5.15 Å². The van der Waals surface area contributed by atoms with E-state index in [2.05, 4.69) is 15.7 Å². The van der Waals surface area contributed by atoms with Gasteiger partial charge in [-0.05, 0) is 39.8 Å². The number of nitrogens with zero attached hydrogens (tertiary/aromatic N) is 2. The molecule has 3 rings (SSSR count). The van der Waals surface area contributed by atoms with E-state index in [0.29, 0.717) is 27.7 Å². The van der Waals surface area contributed by atoms with Crippen molar-refractivity contribution in [3.05, 3.63) is 57.5 Å². The Hall–Kier alpha value is -2.80. The number of urea groups is 1. The van der Waals surface area contributed by atoms with E-state index in [1.807, 2.05) is 31.2 Å². The smallest absolute Gasteiger partial charge is 0.338 e. The molecule has 0 spiro atoms. The van der Waals surface area contributed by atoms with Gasteiger partial charge in [0, 0.05) is 11.3 Å². The van der Waals surface area contributed by atoms with Gasteiger partial charge in [0.2, 0.25) is 0 Å². The minimum Gasteiger partial charge on any atom is -0.463 e. The summed E-state index contributed by atoms with van der Waals surface area (Å²) in [4.78, 5) is 24.5. The van der Waals surface area contributed by atoms with Gasteiger partial charge in [-0.3, -0.25) is 0 Å². The summed E-state index contributed by atoms with van der Waals surface area (Å²) in [5.74, 6) is -0.508. The molecule has 0 aliphatic carbocycles. The van der Waals surface area contributed by atoms with Crippen molar-refractivity contribution in [2.24, 2.45) is 0 Å². The average Bonchev–Trinajstić information content (AvgIpc) is 2.89. The highest BCUT2D eigenvalue weighted by atomic mass is 35.5. The molecule has 1 aliphatic rings. The van der Waals surface area contributed by atoms with Gasteiger partial charge in [0.25, 0.3) is 0 Å². The van der Waals surface area contributed by atoms with Gasteiger partial charge < -0.3 is 15.4 Å². The zero-order chi connectivity index (χ0) is 19.7. The Morgan fingerprint density at radius 3 is 2.56 bits per heavy atom. The van der Waals surface area contributed by atoms with E-state index in [-0.39, 0.29) is 6.61 Å². The van der Waals surface area contributed by atoms with Gasteiger partial charge in [0.15, 0.2) is 0 Å². The van der Waals surface area contributed by atoms with Crippen LogP contribution in [0.15, 0.2) is 35.5 Å². The van der Waals surface area contributed by atoms with Crippen LogP contribution < -0.4 is 10.6 Å². The molecule has 2 aromatic rings. The Labute approximate surface area is 162 Å². The zero-order valence-electron chi connectivity index (χ0n) is 15.6. The van der Waals surface area contributed by atoms with Gasteiger partial charge in [0.05, 0.1) is 29.6 Å². The van der Waals surface area contributed by atoms with Crippen molar-refractivity contribution >= 4 is 23.6 Å². The van der Waals surface area contributed by atoms with Crippen molar-refractivity contribution in [1.82, 2.24) is 20.4 Å². The van der Waals surface area contributed by atoms with Crippen molar-refractivity contribution in [1.29, 1.82) is 0 Å². The van der Waals surface area contributed by atoms with Gasteiger partial charge >= 0.3 is 12.0 Å². The number of aryl methyl sites for hydroxylation is 2. The van der Waals surface area contributed by atoms with E-state index in [9.17, 15) is 9.59 Å². The van der Waals surface area contributed by atoms with Crippen molar-refractivity contribution in [2.75, 3.05) is 6.61 Å². The van der Waals surface area contributed by atoms with E-state index in [1.165, 1.54) is 0 Å². The Bertz CT molecular complexity index is 931. The van der Waals surface area contributed by atoms with E-state index in [1.54, 1.807) is 25.5 Å². The zero-order valence-corrected chi connectivity index (χ0v) is 16.3. The van der Waals surface area contributed by atoms with Gasteiger partial charge in [-0.2, -0.15) is 5.10 Å².